The molecule has 3 rings (SSSR count). The van der Waals surface area contributed by atoms with Gasteiger partial charge in [-0.3, -0.25) is 5.43 Å². The first-order valence-corrected chi connectivity index (χ1v) is 7.25. The highest BCUT2D eigenvalue weighted by Crippen LogP contribution is 2.36. The number of hydrogen-bond acceptors (Lipinski definition) is 2. The number of aliphatic imine (C=N–C) groups is 1. The molecule has 2 unspecified atom stereocenters. The summed E-state index contributed by atoms with van der Waals surface area (Å²) in [5.41, 5.74) is 3.75. The van der Waals surface area contributed by atoms with Crippen LogP contribution in [0.15, 0.2) is 35.3 Å². The highest BCUT2D eigenvalue weighted by molar-refractivity contribution is 5.82. The van der Waals surface area contributed by atoms with Crippen LogP contribution >= 0.6 is 0 Å². The monoisotopic (exact) mass is 258 g/mol. The van der Waals surface area contributed by atoms with Gasteiger partial charge in [-0.25, -0.2) is 10.8 Å². The first-order valence-electron chi connectivity index (χ1n) is 7.25. The number of nitrogens with two attached hydrogens (primary N) is 1. The van der Waals surface area contributed by atoms with E-state index < -0.39 is 0 Å². The molecule has 2 fully saturated rings. The average Bonchev–Trinajstić information content (AvgIpc) is 2.90. The van der Waals surface area contributed by atoms with Gasteiger partial charge in [0.2, 0.25) is 5.96 Å². The normalized spacial score (nSPS) is 27.2. The van der Waals surface area contributed by atoms with Crippen LogP contribution in [0.4, 0.5) is 5.69 Å². The third-order valence-electron chi connectivity index (χ3n) is 4.40. The van der Waals surface area contributed by atoms with Crippen molar-refractivity contribution < 1.29 is 0 Å². The molecule has 1 aliphatic carbocycles. The van der Waals surface area contributed by atoms with Crippen molar-refractivity contribution in [2.24, 2.45) is 16.8 Å². The number of fused-ring (bicyclic) bond motifs is 1. The molecule has 0 radical (unpaired) electrons. The lowest BCUT2D eigenvalue weighted by atomic mass is 9.85. The molecule has 1 aromatic rings. The second kappa shape index (κ2) is 5.61. The first kappa shape index (κ1) is 12.5. The lowest BCUT2D eigenvalue weighted by molar-refractivity contribution is 0.249. The molecule has 1 saturated heterocycles. The van der Waals surface area contributed by atoms with Crippen LogP contribution in [0.5, 0.6) is 0 Å². The SMILES string of the molecule is NNC(=Nc1ccccc1)N1CCC2CCCCC21. The largest absolute Gasteiger partial charge is 0.338 e. The van der Waals surface area contributed by atoms with Crippen molar-refractivity contribution in [3.05, 3.63) is 30.3 Å². The van der Waals surface area contributed by atoms with Gasteiger partial charge >= 0.3 is 0 Å². The predicted molar refractivity (Wildman–Crippen MR) is 77.9 cm³/mol. The summed E-state index contributed by atoms with van der Waals surface area (Å²) in [5.74, 6) is 7.36. The van der Waals surface area contributed by atoms with Gasteiger partial charge in [-0.05, 0) is 37.3 Å². The Balaban J connectivity index is 1.81. The Morgan fingerprint density at radius 1 is 1.16 bits per heavy atom. The molecule has 102 valence electrons. The van der Waals surface area contributed by atoms with Gasteiger partial charge in [0.15, 0.2) is 0 Å². The molecular formula is C15H22N4. The van der Waals surface area contributed by atoms with Gasteiger partial charge in [0, 0.05) is 12.6 Å². The highest BCUT2D eigenvalue weighted by Gasteiger charge is 2.37. The predicted octanol–water partition coefficient (Wildman–Crippen LogP) is 2.40. The van der Waals surface area contributed by atoms with E-state index in [1.54, 1.807) is 0 Å². The number of guanidine groups is 1. The Bertz CT molecular complexity index is 443. The number of rotatable bonds is 1. The van der Waals surface area contributed by atoms with Crippen molar-refractivity contribution in [3.8, 4) is 0 Å². The number of nitrogens with zero attached hydrogens (tertiary/aromatic N) is 2. The topological polar surface area (TPSA) is 53.6 Å². The molecule has 1 aromatic carbocycles. The van der Waals surface area contributed by atoms with Gasteiger partial charge in [-0.2, -0.15) is 0 Å². The van der Waals surface area contributed by atoms with E-state index >= 15 is 0 Å². The molecule has 2 aliphatic rings. The molecule has 1 saturated carbocycles. The second-order valence-corrected chi connectivity index (χ2v) is 5.51. The van der Waals surface area contributed by atoms with E-state index in [0.717, 1.165) is 24.1 Å². The summed E-state index contributed by atoms with van der Waals surface area (Å²) < 4.78 is 0. The Labute approximate surface area is 114 Å². The van der Waals surface area contributed by atoms with Crippen molar-refractivity contribution in [3.63, 3.8) is 0 Å². The standard InChI is InChI=1S/C15H22N4/c16-18-15(17-13-7-2-1-3-8-13)19-11-10-12-6-4-5-9-14(12)19/h1-3,7-8,12,14H,4-6,9-11,16H2,(H,17,18). The van der Waals surface area contributed by atoms with Crippen molar-refractivity contribution in [2.75, 3.05) is 6.54 Å². The zero-order valence-electron chi connectivity index (χ0n) is 11.3. The first-order chi connectivity index (χ1) is 9.38. The summed E-state index contributed by atoms with van der Waals surface area (Å²) in [5, 5.41) is 0. The molecule has 1 heterocycles. The van der Waals surface area contributed by atoms with E-state index in [4.69, 9.17) is 5.84 Å². The third-order valence-corrected chi connectivity index (χ3v) is 4.40. The molecule has 0 bridgehead atoms. The van der Waals surface area contributed by atoms with Crippen LogP contribution in [0, 0.1) is 5.92 Å². The molecule has 0 aromatic heterocycles. The fraction of sp³-hybridized carbons (Fsp3) is 0.533. The van der Waals surface area contributed by atoms with Gasteiger partial charge < -0.3 is 4.90 Å². The molecule has 4 nitrogen and oxygen atoms in total. The number of benzene rings is 1. The van der Waals surface area contributed by atoms with Crippen LogP contribution in [0.3, 0.4) is 0 Å². The summed E-state index contributed by atoms with van der Waals surface area (Å²) in [6, 6.07) is 10.6. The molecule has 4 heteroatoms. The lowest BCUT2D eigenvalue weighted by Gasteiger charge is -2.33. The summed E-state index contributed by atoms with van der Waals surface area (Å²) in [4.78, 5) is 7.03. The van der Waals surface area contributed by atoms with Crippen LogP contribution in [0.2, 0.25) is 0 Å². The van der Waals surface area contributed by atoms with Crippen molar-refractivity contribution >= 4 is 11.6 Å². The van der Waals surface area contributed by atoms with Crippen molar-refractivity contribution in [2.45, 2.75) is 38.1 Å². The van der Waals surface area contributed by atoms with E-state index in [1.165, 1.54) is 32.1 Å². The Morgan fingerprint density at radius 2 is 1.95 bits per heavy atom. The maximum atomic E-state index is 5.70. The number of hydrogen-bond donors (Lipinski definition) is 2. The second-order valence-electron chi connectivity index (χ2n) is 5.51. The van der Waals surface area contributed by atoms with Crippen LogP contribution in [-0.2, 0) is 0 Å². The van der Waals surface area contributed by atoms with E-state index in [-0.39, 0.29) is 0 Å². The maximum Gasteiger partial charge on any atom is 0.213 e. The van der Waals surface area contributed by atoms with Crippen LogP contribution in [0.1, 0.15) is 32.1 Å². The summed E-state index contributed by atoms with van der Waals surface area (Å²) in [6.07, 6.45) is 6.64. The van der Waals surface area contributed by atoms with Gasteiger partial charge in [0.1, 0.15) is 0 Å². The summed E-state index contributed by atoms with van der Waals surface area (Å²) >= 11 is 0. The highest BCUT2D eigenvalue weighted by atomic mass is 15.4. The van der Waals surface area contributed by atoms with Crippen molar-refractivity contribution in [1.29, 1.82) is 0 Å². The lowest BCUT2D eigenvalue weighted by Crippen LogP contribution is -2.48. The minimum absolute atomic E-state index is 0.632. The zero-order chi connectivity index (χ0) is 13.1. The fourth-order valence-corrected chi connectivity index (χ4v) is 3.47. The molecule has 0 amide bonds. The fourth-order valence-electron chi connectivity index (χ4n) is 3.47. The van der Waals surface area contributed by atoms with Gasteiger partial charge in [-0.1, -0.05) is 31.0 Å². The van der Waals surface area contributed by atoms with Gasteiger partial charge in [-0.15, -0.1) is 0 Å². The molecular weight excluding hydrogens is 236 g/mol. The molecule has 19 heavy (non-hydrogen) atoms. The molecule has 3 N–H and O–H groups in total. The third kappa shape index (κ3) is 2.59. The quantitative estimate of drug-likeness (QED) is 0.352. The molecule has 1 aliphatic heterocycles. The van der Waals surface area contributed by atoms with E-state index in [0.29, 0.717) is 6.04 Å². The van der Waals surface area contributed by atoms with Crippen LogP contribution in [-0.4, -0.2) is 23.4 Å². The number of nitrogens with one attached hydrogen (secondary N) is 1. The van der Waals surface area contributed by atoms with Gasteiger partial charge in [0.25, 0.3) is 0 Å². The average molecular weight is 258 g/mol. The molecule has 0 spiro atoms. The minimum atomic E-state index is 0.632. The van der Waals surface area contributed by atoms with E-state index in [1.807, 2.05) is 30.3 Å². The molecule has 2 atom stereocenters. The zero-order valence-corrected chi connectivity index (χ0v) is 11.3. The number of para-hydroxylation sites is 1. The van der Waals surface area contributed by atoms with E-state index in [9.17, 15) is 0 Å². The minimum Gasteiger partial charge on any atom is -0.338 e. The number of likely N-dealkylation sites (tertiary alicyclic amines) is 1. The number of hydrazine groups is 1. The Kier molecular flexibility index (Phi) is 3.69. The van der Waals surface area contributed by atoms with E-state index in [2.05, 4.69) is 15.3 Å². The summed E-state index contributed by atoms with van der Waals surface area (Å²) in [6.45, 7) is 1.07. The summed E-state index contributed by atoms with van der Waals surface area (Å²) in [7, 11) is 0. The van der Waals surface area contributed by atoms with Gasteiger partial charge in [0.05, 0.1) is 5.69 Å². The van der Waals surface area contributed by atoms with Crippen LogP contribution in [0.25, 0.3) is 0 Å². The smallest absolute Gasteiger partial charge is 0.213 e. The van der Waals surface area contributed by atoms with Crippen LogP contribution < -0.4 is 11.3 Å². The maximum absolute atomic E-state index is 5.70. The van der Waals surface area contributed by atoms with Crippen molar-refractivity contribution in [1.82, 2.24) is 10.3 Å². The Morgan fingerprint density at radius 3 is 2.74 bits per heavy atom. The Hall–Kier alpha value is -1.55.